The van der Waals surface area contributed by atoms with Gasteiger partial charge in [-0.2, -0.15) is 0 Å². The molecule has 2 rings (SSSR count). The average Bonchev–Trinajstić information content (AvgIpc) is 2.51. The standard InChI is InChI=1S/C18H28N2O2/c1-4-12(2)17(18(21)22)20-13(3)10-14-7-8-16-15(11-14)6-5-9-19-16/h7-8,11-13,17,19-20H,4-6,9-10H2,1-3H3,(H,21,22). The summed E-state index contributed by atoms with van der Waals surface area (Å²) in [7, 11) is 0. The maximum absolute atomic E-state index is 11.4. The highest BCUT2D eigenvalue weighted by Crippen LogP contribution is 2.23. The second kappa shape index (κ2) is 7.63. The molecule has 22 heavy (non-hydrogen) atoms. The molecule has 4 nitrogen and oxygen atoms in total. The summed E-state index contributed by atoms with van der Waals surface area (Å²) in [5, 5.41) is 16.1. The second-order valence-electron chi connectivity index (χ2n) is 6.50. The molecule has 0 fully saturated rings. The monoisotopic (exact) mass is 304 g/mol. The molecule has 0 amide bonds. The summed E-state index contributed by atoms with van der Waals surface area (Å²) in [6.07, 6.45) is 4.02. The number of benzene rings is 1. The lowest BCUT2D eigenvalue weighted by molar-refractivity contribution is -0.141. The van der Waals surface area contributed by atoms with Gasteiger partial charge >= 0.3 is 5.97 Å². The Labute approximate surface area is 133 Å². The number of carboxylic acids is 1. The number of hydrogen-bond donors (Lipinski definition) is 3. The Balaban J connectivity index is 1.99. The Hall–Kier alpha value is -1.55. The van der Waals surface area contributed by atoms with Gasteiger partial charge in [0.2, 0.25) is 0 Å². The lowest BCUT2D eigenvalue weighted by atomic mass is 9.95. The molecule has 0 saturated heterocycles. The van der Waals surface area contributed by atoms with Crippen LogP contribution in [0.2, 0.25) is 0 Å². The summed E-state index contributed by atoms with van der Waals surface area (Å²) in [6.45, 7) is 7.14. The van der Waals surface area contributed by atoms with Crippen molar-refractivity contribution >= 4 is 11.7 Å². The Kier molecular flexibility index (Phi) is 5.83. The van der Waals surface area contributed by atoms with Gasteiger partial charge in [0.15, 0.2) is 0 Å². The van der Waals surface area contributed by atoms with E-state index in [1.165, 1.54) is 23.2 Å². The highest BCUT2D eigenvalue weighted by atomic mass is 16.4. The van der Waals surface area contributed by atoms with Crippen LogP contribution in [0.5, 0.6) is 0 Å². The number of anilines is 1. The second-order valence-corrected chi connectivity index (χ2v) is 6.50. The Morgan fingerprint density at radius 2 is 2.18 bits per heavy atom. The van der Waals surface area contributed by atoms with Crippen LogP contribution < -0.4 is 10.6 Å². The normalized spacial score (nSPS) is 18.0. The zero-order valence-corrected chi connectivity index (χ0v) is 13.9. The molecule has 4 heteroatoms. The molecule has 122 valence electrons. The van der Waals surface area contributed by atoms with E-state index in [2.05, 4.69) is 35.8 Å². The summed E-state index contributed by atoms with van der Waals surface area (Å²) in [6, 6.07) is 6.23. The van der Waals surface area contributed by atoms with Crippen molar-refractivity contribution in [2.45, 2.75) is 58.5 Å². The molecule has 0 spiro atoms. The molecular formula is C18H28N2O2. The first-order valence-corrected chi connectivity index (χ1v) is 8.35. The molecule has 1 aromatic rings. The van der Waals surface area contributed by atoms with Gasteiger partial charge in [0.25, 0.3) is 0 Å². The van der Waals surface area contributed by atoms with Crippen molar-refractivity contribution in [3.8, 4) is 0 Å². The van der Waals surface area contributed by atoms with E-state index in [-0.39, 0.29) is 12.0 Å². The van der Waals surface area contributed by atoms with Crippen molar-refractivity contribution in [1.29, 1.82) is 0 Å². The maximum Gasteiger partial charge on any atom is 0.320 e. The first-order valence-electron chi connectivity index (χ1n) is 8.35. The molecule has 3 atom stereocenters. The van der Waals surface area contributed by atoms with Crippen LogP contribution in [0.4, 0.5) is 5.69 Å². The number of nitrogens with one attached hydrogen (secondary N) is 2. The molecule has 1 aliphatic heterocycles. The van der Waals surface area contributed by atoms with Crippen molar-refractivity contribution in [3.05, 3.63) is 29.3 Å². The van der Waals surface area contributed by atoms with Crippen LogP contribution in [-0.2, 0) is 17.6 Å². The van der Waals surface area contributed by atoms with Crippen molar-refractivity contribution in [2.75, 3.05) is 11.9 Å². The maximum atomic E-state index is 11.4. The van der Waals surface area contributed by atoms with E-state index >= 15 is 0 Å². The fourth-order valence-electron chi connectivity index (χ4n) is 3.09. The average molecular weight is 304 g/mol. The number of fused-ring (bicyclic) bond motifs is 1. The molecule has 3 N–H and O–H groups in total. The minimum atomic E-state index is -0.754. The van der Waals surface area contributed by atoms with Crippen LogP contribution in [0.1, 0.15) is 44.7 Å². The van der Waals surface area contributed by atoms with Gasteiger partial charge in [0, 0.05) is 18.3 Å². The third-order valence-corrected chi connectivity index (χ3v) is 4.59. The zero-order chi connectivity index (χ0) is 16.1. The first-order chi connectivity index (χ1) is 10.5. The fraction of sp³-hybridized carbons (Fsp3) is 0.611. The van der Waals surface area contributed by atoms with Crippen LogP contribution in [0, 0.1) is 5.92 Å². The lowest BCUT2D eigenvalue weighted by Gasteiger charge is -2.25. The number of rotatable bonds is 7. The van der Waals surface area contributed by atoms with Crippen LogP contribution in [0.15, 0.2) is 18.2 Å². The summed E-state index contributed by atoms with van der Waals surface area (Å²) >= 11 is 0. The van der Waals surface area contributed by atoms with Crippen molar-refractivity contribution in [1.82, 2.24) is 5.32 Å². The number of carbonyl (C=O) groups is 1. The summed E-state index contributed by atoms with van der Waals surface area (Å²) < 4.78 is 0. The van der Waals surface area contributed by atoms with E-state index < -0.39 is 12.0 Å². The fourth-order valence-corrected chi connectivity index (χ4v) is 3.09. The highest BCUT2D eigenvalue weighted by molar-refractivity contribution is 5.73. The highest BCUT2D eigenvalue weighted by Gasteiger charge is 2.24. The predicted molar refractivity (Wildman–Crippen MR) is 90.4 cm³/mol. The minimum Gasteiger partial charge on any atom is -0.480 e. The first kappa shape index (κ1) is 16.8. The molecule has 0 radical (unpaired) electrons. The molecule has 0 aliphatic carbocycles. The molecular weight excluding hydrogens is 276 g/mol. The Morgan fingerprint density at radius 1 is 1.41 bits per heavy atom. The number of hydrogen-bond acceptors (Lipinski definition) is 3. The smallest absolute Gasteiger partial charge is 0.320 e. The molecule has 1 aliphatic rings. The van der Waals surface area contributed by atoms with Gasteiger partial charge in [-0.25, -0.2) is 0 Å². The summed E-state index contributed by atoms with van der Waals surface area (Å²) in [4.78, 5) is 11.4. The van der Waals surface area contributed by atoms with Crippen molar-refractivity contribution < 1.29 is 9.90 Å². The van der Waals surface area contributed by atoms with E-state index in [4.69, 9.17) is 0 Å². The lowest BCUT2D eigenvalue weighted by Crippen LogP contribution is -2.46. The number of carboxylic acid groups (broad SMARTS) is 1. The third-order valence-electron chi connectivity index (χ3n) is 4.59. The topological polar surface area (TPSA) is 61.4 Å². The van der Waals surface area contributed by atoms with Crippen molar-refractivity contribution in [3.63, 3.8) is 0 Å². The van der Waals surface area contributed by atoms with Gasteiger partial charge in [0.05, 0.1) is 0 Å². The molecule has 1 heterocycles. The SMILES string of the molecule is CCC(C)C(NC(C)Cc1ccc2c(c1)CCCN2)C(=O)O. The molecule has 0 bridgehead atoms. The number of aliphatic carboxylic acids is 1. The van der Waals surface area contributed by atoms with E-state index in [1.54, 1.807) is 0 Å². The molecule has 1 aromatic carbocycles. The molecule has 0 aromatic heterocycles. The van der Waals surface area contributed by atoms with Crippen LogP contribution in [0.25, 0.3) is 0 Å². The largest absolute Gasteiger partial charge is 0.480 e. The van der Waals surface area contributed by atoms with E-state index in [1.807, 2.05) is 13.8 Å². The summed E-state index contributed by atoms with van der Waals surface area (Å²) in [5.74, 6) is -0.622. The Morgan fingerprint density at radius 3 is 2.86 bits per heavy atom. The van der Waals surface area contributed by atoms with Gasteiger partial charge in [-0.1, -0.05) is 32.4 Å². The van der Waals surface area contributed by atoms with E-state index in [9.17, 15) is 9.90 Å². The van der Waals surface area contributed by atoms with Crippen LogP contribution in [0.3, 0.4) is 0 Å². The van der Waals surface area contributed by atoms with Gasteiger partial charge in [-0.3, -0.25) is 4.79 Å². The van der Waals surface area contributed by atoms with E-state index in [0.29, 0.717) is 0 Å². The van der Waals surface area contributed by atoms with Crippen LogP contribution >= 0.6 is 0 Å². The predicted octanol–water partition coefficient (Wildman–Crippen LogP) is 3.06. The third kappa shape index (κ3) is 4.23. The van der Waals surface area contributed by atoms with E-state index in [0.717, 1.165) is 25.8 Å². The zero-order valence-electron chi connectivity index (χ0n) is 13.9. The van der Waals surface area contributed by atoms with Gasteiger partial charge < -0.3 is 15.7 Å². The summed E-state index contributed by atoms with van der Waals surface area (Å²) in [5.41, 5.74) is 3.90. The van der Waals surface area contributed by atoms with Crippen LogP contribution in [-0.4, -0.2) is 29.7 Å². The van der Waals surface area contributed by atoms with Crippen molar-refractivity contribution in [2.24, 2.45) is 5.92 Å². The van der Waals surface area contributed by atoms with Gasteiger partial charge in [0.1, 0.15) is 6.04 Å². The minimum absolute atomic E-state index is 0.132. The molecule has 3 unspecified atom stereocenters. The number of aryl methyl sites for hydroxylation is 1. The van der Waals surface area contributed by atoms with Gasteiger partial charge in [-0.05, 0) is 49.3 Å². The molecule has 0 saturated carbocycles. The van der Waals surface area contributed by atoms with Gasteiger partial charge in [-0.15, -0.1) is 0 Å². The quantitative estimate of drug-likeness (QED) is 0.724. The Bertz CT molecular complexity index is 516.